The van der Waals surface area contributed by atoms with Gasteiger partial charge in [-0.1, -0.05) is 37.2 Å². The Labute approximate surface area is 108 Å². The molecule has 0 amide bonds. The van der Waals surface area contributed by atoms with E-state index in [9.17, 15) is 0 Å². The monoisotopic (exact) mass is 244 g/mol. The number of aryl methyl sites for hydroxylation is 2. The van der Waals surface area contributed by atoms with E-state index < -0.39 is 0 Å². The number of rotatable bonds is 3. The normalized spacial score (nSPS) is 11.2. The van der Waals surface area contributed by atoms with Crippen LogP contribution in [-0.2, 0) is 6.42 Å². The lowest BCUT2D eigenvalue weighted by molar-refractivity contribution is 0.372. The first-order valence-electron chi connectivity index (χ1n) is 6.30. The Balaban J connectivity index is 2.48. The van der Waals surface area contributed by atoms with Crippen molar-refractivity contribution in [3.63, 3.8) is 0 Å². The number of hydrogen-bond donors (Lipinski definition) is 1. The molecular formula is C15H20N2O. The summed E-state index contributed by atoms with van der Waals surface area (Å²) in [5, 5.41) is 3.90. The van der Waals surface area contributed by atoms with E-state index in [4.69, 9.17) is 10.3 Å². The minimum Gasteiger partial charge on any atom is -0.380 e. The lowest BCUT2D eigenvalue weighted by atomic mass is 9.97. The Morgan fingerprint density at radius 1 is 1.22 bits per heavy atom. The molecule has 2 rings (SSSR count). The Hall–Kier alpha value is -1.77. The van der Waals surface area contributed by atoms with Gasteiger partial charge in [-0.25, -0.2) is 0 Å². The van der Waals surface area contributed by atoms with Gasteiger partial charge in [0.25, 0.3) is 0 Å². The molecule has 1 aromatic carbocycles. The van der Waals surface area contributed by atoms with Crippen molar-refractivity contribution in [2.45, 2.75) is 34.1 Å². The van der Waals surface area contributed by atoms with E-state index >= 15 is 0 Å². The molecule has 96 valence electrons. The zero-order valence-electron chi connectivity index (χ0n) is 11.4. The number of nitrogens with zero attached hydrogens (tertiary/aromatic N) is 1. The van der Waals surface area contributed by atoms with Gasteiger partial charge in [0.1, 0.15) is 5.76 Å². The topological polar surface area (TPSA) is 52.0 Å². The van der Waals surface area contributed by atoms with Gasteiger partial charge < -0.3 is 10.3 Å². The molecule has 0 bridgehead atoms. The maximum atomic E-state index is 5.93. The van der Waals surface area contributed by atoms with Crippen molar-refractivity contribution in [2.75, 3.05) is 5.73 Å². The van der Waals surface area contributed by atoms with Crippen LogP contribution in [0.3, 0.4) is 0 Å². The molecule has 1 aromatic heterocycles. The molecule has 3 nitrogen and oxygen atoms in total. The molecule has 0 aliphatic rings. The molecule has 0 saturated carbocycles. The number of benzene rings is 1. The predicted molar refractivity (Wildman–Crippen MR) is 74.4 cm³/mol. The molecule has 2 N–H and O–H groups in total. The van der Waals surface area contributed by atoms with E-state index in [0.717, 1.165) is 23.3 Å². The fraction of sp³-hybridized carbons (Fsp3) is 0.400. The molecule has 0 atom stereocenters. The highest BCUT2D eigenvalue weighted by atomic mass is 16.5. The van der Waals surface area contributed by atoms with E-state index in [1.807, 2.05) is 0 Å². The quantitative estimate of drug-likeness (QED) is 0.894. The van der Waals surface area contributed by atoms with Gasteiger partial charge in [0.2, 0.25) is 0 Å². The van der Waals surface area contributed by atoms with Crippen LogP contribution in [0, 0.1) is 19.8 Å². The van der Waals surface area contributed by atoms with Crippen molar-refractivity contribution in [1.82, 2.24) is 5.16 Å². The fourth-order valence-corrected chi connectivity index (χ4v) is 2.05. The van der Waals surface area contributed by atoms with Crippen LogP contribution < -0.4 is 5.73 Å². The van der Waals surface area contributed by atoms with Gasteiger partial charge in [-0.2, -0.15) is 0 Å². The lowest BCUT2D eigenvalue weighted by Crippen LogP contribution is -1.96. The first-order valence-corrected chi connectivity index (χ1v) is 6.30. The zero-order valence-corrected chi connectivity index (χ0v) is 11.4. The van der Waals surface area contributed by atoms with Crippen LogP contribution in [0.25, 0.3) is 11.1 Å². The van der Waals surface area contributed by atoms with Gasteiger partial charge in [-0.3, -0.25) is 0 Å². The van der Waals surface area contributed by atoms with Crippen molar-refractivity contribution < 1.29 is 4.52 Å². The Morgan fingerprint density at radius 3 is 2.56 bits per heavy atom. The third-order valence-electron chi connectivity index (χ3n) is 3.18. The van der Waals surface area contributed by atoms with Crippen LogP contribution in [0.1, 0.15) is 30.7 Å². The molecule has 1 heterocycles. The summed E-state index contributed by atoms with van der Waals surface area (Å²) in [7, 11) is 0. The molecule has 0 aliphatic carbocycles. The van der Waals surface area contributed by atoms with Gasteiger partial charge in [0.05, 0.1) is 5.56 Å². The molecule has 0 fully saturated rings. The molecule has 0 unspecified atom stereocenters. The average molecular weight is 244 g/mol. The van der Waals surface area contributed by atoms with Gasteiger partial charge in [-0.15, -0.1) is 0 Å². The summed E-state index contributed by atoms with van der Waals surface area (Å²) in [6.45, 7) is 8.52. The van der Waals surface area contributed by atoms with E-state index in [-0.39, 0.29) is 0 Å². The summed E-state index contributed by atoms with van der Waals surface area (Å²) in [5.74, 6) is 1.88. The number of hydrogen-bond acceptors (Lipinski definition) is 3. The molecule has 18 heavy (non-hydrogen) atoms. The van der Waals surface area contributed by atoms with Crippen LogP contribution in [0.15, 0.2) is 22.7 Å². The highest BCUT2D eigenvalue weighted by molar-refractivity contribution is 5.76. The summed E-state index contributed by atoms with van der Waals surface area (Å²) in [6, 6.07) is 6.33. The second-order valence-corrected chi connectivity index (χ2v) is 5.26. The van der Waals surface area contributed by atoms with Gasteiger partial charge in [-0.05, 0) is 36.5 Å². The summed E-state index contributed by atoms with van der Waals surface area (Å²) in [4.78, 5) is 0. The predicted octanol–water partition coefficient (Wildman–Crippen LogP) is 3.74. The standard InChI is InChI=1S/C15H20N2O/c1-9(2)7-13-14(15(16)17-18-13)12-6-5-10(3)11(4)8-12/h5-6,8-9H,7H2,1-4H3,(H2,16,17). The highest BCUT2D eigenvalue weighted by Crippen LogP contribution is 2.32. The van der Waals surface area contributed by atoms with Gasteiger partial charge >= 0.3 is 0 Å². The van der Waals surface area contributed by atoms with E-state index in [1.165, 1.54) is 11.1 Å². The first kappa shape index (κ1) is 12.7. The van der Waals surface area contributed by atoms with Gasteiger partial charge in [0.15, 0.2) is 5.82 Å². The lowest BCUT2D eigenvalue weighted by Gasteiger charge is -2.07. The number of nitrogens with two attached hydrogens (primary N) is 1. The Bertz CT molecular complexity index is 556. The third kappa shape index (κ3) is 2.40. The Morgan fingerprint density at radius 2 is 1.94 bits per heavy atom. The van der Waals surface area contributed by atoms with Crippen molar-refractivity contribution in [2.24, 2.45) is 5.92 Å². The maximum Gasteiger partial charge on any atom is 0.175 e. The van der Waals surface area contributed by atoms with Crippen LogP contribution in [-0.4, -0.2) is 5.16 Å². The summed E-state index contributed by atoms with van der Waals surface area (Å²) >= 11 is 0. The minimum absolute atomic E-state index is 0.480. The third-order valence-corrected chi connectivity index (χ3v) is 3.18. The maximum absolute atomic E-state index is 5.93. The van der Waals surface area contributed by atoms with Crippen molar-refractivity contribution in [3.8, 4) is 11.1 Å². The SMILES string of the molecule is Cc1ccc(-c2c(N)noc2CC(C)C)cc1C. The van der Waals surface area contributed by atoms with Crippen molar-refractivity contribution in [3.05, 3.63) is 35.1 Å². The van der Waals surface area contributed by atoms with Gasteiger partial charge in [0, 0.05) is 6.42 Å². The molecule has 0 spiro atoms. The van der Waals surface area contributed by atoms with Crippen LogP contribution in [0.5, 0.6) is 0 Å². The molecule has 0 aliphatic heterocycles. The highest BCUT2D eigenvalue weighted by Gasteiger charge is 2.17. The molecule has 3 heteroatoms. The molecule has 0 radical (unpaired) electrons. The number of aromatic nitrogens is 1. The summed E-state index contributed by atoms with van der Waals surface area (Å²) in [5.41, 5.74) is 10.5. The summed E-state index contributed by atoms with van der Waals surface area (Å²) in [6.07, 6.45) is 0.854. The average Bonchev–Trinajstić information content (AvgIpc) is 2.63. The molecular weight excluding hydrogens is 224 g/mol. The van der Waals surface area contributed by atoms with Crippen LogP contribution in [0.4, 0.5) is 5.82 Å². The first-order chi connectivity index (χ1) is 8.49. The second-order valence-electron chi connectivity index (χ2n) is 5.26. The largest absolute Gasteiger partial charge is 0.380 e. The smallest absolute Gasteiger partial charge is 0.175 e. The number of nitrogen functional groups attached to an aromatic ring is 1. The van der Waals surface area contributed by atoms with Crippen LogP contribution >= 0.6 is 0 Å². The second kappa shape index (κ2) is 4.84. The minimum atomic E-state index is 0.480. The molecule has 0 saturated heterocycles. The van der Waals surface area contributed by atoms with Crippen LogP contribution in [0.2, 0.25) is 0 Å². The van der Waals surface area contributed by atoms with Crippen molar-refractivity contribution >= 4 is 5.82 Å². The molecule has 2 aromatic rings. The van der Waals surface area contributed by atoms with Crippen molar-refractivity contribution in [1.29, 1.82) is 0 Å². The zero-order chi connectivity index (χ0) is 13.3. The van der Waals surface area contributed by atoms with E-state index in [0.29, 0.717) is 11.7 Å². The summed E-state index contributed by atoms with van der Waals surface area (Å²) < 4.78 is 5.36. The van der Waals surface area contributed by atoms with E-state index in [2.05, 4.69) is 51.1 Å². The van der Waals surface area contributed by atoms with E-state index in [1.54, 1.807) is 0 Å². The number of anilines is 1. The Kier molecular flexibility index (Phi) is 3.41. The fourth-order valence-electron chi connectivity index (χ4n) is 2.05.